The summed E-state index contributed by atoms with van der Waals surface area (Å²) in [5.41, 5.74) is 0. The summed E-state index contributed by atoms with van der Waals surface area (Å²) in [6.07, 6.45) is 0.955. The molecule has 0 spiro atoms. The summed E-state index contributed by atoms with van der Waals surface area (Å²) in [6, 6.07) is 53.4. The number of benzene rings is 5. The molecule has 0 bridgehead atoms. The van der Waals surface area contributed by atoms with Crippen LogP contribution in [0.4, 0.5) is 0 Å². The van der Waals surface area contributed by atoms with Gasteiger partial charge in [-0.25, -0.2) is 0 Å². The molecule has 1 nitrogen and oxygen atoms in total. The minimum Gasteiger partial charge on any atom is -0.131 e. The second kappa shape index (κ2) is 16.9. The first-order chi connectivity index (χ1) is 18.2. The van der Waals surface area contributed by atoms with Crippen LogP contribution >= 0.6 is 39.4 Å². The van der Waals surface area contributed by atoms with Gasteiger partial charge in [-0.15, -0.1) is 3.94 Å². The molecule has 0 aliphatic heterocycles. The van der Waals surface area contributed by atoms with E-state index < -0.39 is 15.8 Å². The van der Waals surface area contributed by atoms with Crippen LogP contribution in [-0.4, -0.2) is 16.6 Å². The van der Waals surface area contributed by atoms with Crippen molar-refractivity contribution in [2.24, 2.45) is 0 Å². The Bertz CT molecular complexity index is 1160. The van der Waals surface area contributed by atoms with E-state index in [0.29, 0.717) is 6.54 Å². The minimum atomic E-state index is -0.446. The zero-order chi connectivity index (χ0) is 25.7. The zero-order valence-electron chi connectivity index (χ0n) is 20.8. The third kappa shape index (κ3) is 9.40. The van der Waals surface area contributed by atoms with Gasteiger partial charge >= 0.3 is 0 Å². The second-order valence-electron chi connectivity index (χ2n) is 8.19. The van der Waals surface area contributed by atoms with E-state index in [9.17, 15) is 0 Å². The summed E-state index contributed by atoms with van der Waals surface area (Å²) in [5.74, 6) is 0. The maximum atomic E-state index is 5.71. The van der Waals surface area contributed by atoms with Crippen molar-refractivity contribution in [1.82, 2.24) is 3.94 Å². The van der Waals surface area contributed by atoms with E-state index in [1.54, 1.807) is 0 Å². The zero-order valence-corrected chi connectivity index (χ0v) is 25.8. The molecule has 5 aromatic rings. The molecule has 0 saturated heterocycles. The number of halogens is 2. The molecular formula is C32H29Cl2NP2Ru. The second-order valence-corrected chi connectivity index (χ2v) is 13.7. The molecule has 194 valence electrons. The van der Waals surface area contributed by atoms with Crippen molar-refractivity contribution in [3.8, 4) is 0 Å². The van der Waals surface area contributed by atoms with Gasteiger partial charge in [0.25, 0.3) is 0 Å². The van der Waals surface area contributed by atoms with Crippen LogP contribution in [0.25, 0.3) is 0 Å². The van der Waals surface area contributed by atoms with Gasteiger partial charge < -0.3 is 0 Å². The van der Waals surface area contributed by atoms with Crippen molar-refractivity contribution < 1.29 is 19.5 Å². The Morgan fingerprint density at radius 3 is 0.947 bits per heavy atom. The first-order valence-electron chi connectivity index (χ1n) is 12.1. The van der Waals surface area contributed by atoms with Crippen LogP contribution in [0.15, 0.2) is 152 Å². The van der Waals surface area contributed by atoms with Gasteiger partial charge in [-0.3, -0.25) is 0 Å². The van der Waals surface area contributed by atoms with Crippen molar-refractivity contribution in [2.45, 2.75) is 0 Å². The van der Waals surface area contributed by atoms with Gasteiger partial charge in [-0.05, 0) is 72.1 Å². The van der Waals surface area contributed by atoms with Crippen molar-refractivity contribution in [1.29, 1.82) is 0 Å². The summed E-state index contributed by atoms with van der Waals surface area (Å²) >= 11 is 11.4. The van der Waals surface area contributed by atoms with Crippen LogP contribution in [0.1, 0.15) is 0 Å². The molecule has 38 heavy (non-hydrogen) atoms. The van der Waals surface area contributed by atoms with Crippen molar-refractivity contribution >= 4 is 65.9 Å². The standard InChI is InChI=1S/C18H15P.C14H14Cl2NP.Ru/c1-4-10-16(11-5-1)19(17-12-6-2-7-13-17)18-14-8-3-9-15-18;15-17(16)11-12-18(13-7-3-1-4-8-13)14-9-5-2-6-10-14;/h1-15H;1-10H,11-12H2;. The monoisotopic (exact) mass is 661 g/mol. The molecule has 0 heterocycles. The largest absolute Gasteiger partial charge is 0.131 e. The molecule has 5 aromatic carbocycles. The molecule has 6 heteroatoms. The molecule has 0 N–H and O–H groups in total. The van der Waals surface area contributed by atoms with Crippen molar-refractivity contribution in [3.63, 3.8) is 0 Å². The Morgan fingerprint density at radius 2 is 0.684 bits per heavy atom. The molecule has 0 saturated carbocycles. The van der Waals surface area contributed by atoms with E-state index in [2.05, 4.69) is 140 Å². The third-order valence-corrected chi connectivity index (χ3v) is 10.9. The summed E-state index contributed by atoms with van der Waals surface area (Å²) in [4.78, 5) is 0. The fraction of sp³-hybridized carbons (Fsp3) is 0.0625. The van der Waals surface area contributed by atoms with Crippen LogP contribution < -0.4 is 26.5 Å². The van der Waals surface area contributed by atoms with Gasteiger partial charge in [-0.1, -0.05) is 152 Å². The molecule has 0 atom stereocenters. The van der Waals surface area contributed by atoms with Crippen LogP contribution in [0.3, 0.4) is 0 Å². The average molecular weight is 662 g/mol. The van der Waals surface area contributed by atoms with Gasteiger partial charge in [0, 0.05) is 26.0 Å². The predicted octanol–water partition coefficient (Wildman–Crippen LogP) is 7.17. The Labute approximate surface area is 252 Å². The molecule has 5 rings (SSSR count). The predicted molar refractivity (Wildman–Crippen MR) is 167 cm³/mol. The summed E-state index contributed by atoms with van der Waals surface area (Å²) in [6.45, 7) is 0.665. The molecule has 0 aliphatic carbocycles. The molecule has 0 fully saturated rings. The normalized spacial score (nSPS) is 10.6. The van der Waals surface area contributed by atoms with E-state index in [0.717, 1.165) is 6.16 Å². The van der Waals surface area contributed by atoms with Crippen LogP contribution in [0.2, 0.25) is 0 Å². The van der Waals surface area contributed by atoms with Gasteiger partial charge in [0.1, 0.15) is 0 Å². The minimum absolute atomic E-state index is 0. The van der Waals surface area contributed by atoms with E-state index >= 15 is 0 Å². The van der Waals surface area contributed by atoms with Gasteiger partial charge in [0.15, 0.2) is 0 Å². The summed E-state index contributed by atoms with van der Waals surface area (Å²) < 4.78 is 1.21. The quantitative estimate of drug-likeness (QED) is 0.0969. The number of hydrogen-bond acceptors (Lipinski definition) is 1. The number of rotatable bonds is 8. The van der Waals surface area contributed by atoms with Crippen LogP contribution in [0, 0.1) is 0 Å². The van der Waals surface area contributed by atoms with Gasteiger partial charge in [0.05, 0.1) is 0 Å². The van der Waals surface area contributed by atoms with E-state index in [1.165, 1.54) is 30.5 Å². The third-order valence-electron chi connectivity index (χ3n) is 5.67. The molecule has 0 aromatic heterocycles. The van der Waals surface area contributed by atoms with Crippen molar-refractivity contribution in [2.75, 3.05) is 12.7 Å². The van der Waals surface area contributed by atoms with Gasteiger partial charge in [0.2, 0.25) is 0 Å². The fourth-order valence-corrected chi connectivity index (χ4v) is 8.97. The first kappa shape index (κ1) is 30.7. The topological polar surface area (TPSA) is 3.24 Å². The fourth-order valence-electron chi connectivity index (χ4n) is 3.98. The Kier molecular flexibility index (Phi) is 13.7. The van der Waals surface area contributed by atoms with Crippen molar-refractivity contribution in [3.05, 3.63) is 152 Å². The first-order valence-corrected chi connectivity index (χ1v) is 15.7. The van der Waals surface area contributed by atoms with Crippen LogP contribution in [-0.2, 0) is 19.5 Å². The maximum Gasteiger partial charge on any atom is 0.0349 e. The molecule has 0 aliphatic rings. The maximum absolute atomic E-state index is 5.71. The average Bonchev–Trinajstić information content (AvgIpc) is 2.96. The molecule has 0 radical (unpaired) electrons. The van der Waals surface area contributed by atoms with E-state index in [1.807, 2.05) is 12.1 Å². The SMILES string of the molecule is ClN(Cl)CCP(c1ccccc1)c1ccccc1.[Ru].c1ccc(P(c2ccccc2)c2ccccc2)cc1. The smallest absolute Gasteiger partial charge is 0.0349 e. The Hall–Kier alpha value is -1.88. The Balaban J connectivity index is 0.000000206. The van der Waals surface area contributed by atoms with Gasteiger partial charge in [-0.2, -0.15) is 0 Å². The number of hydrogen-bond donors (Lipinski definition) is 0. The Morgan fingerprint density at radius 1 is 0.421 bits per heavy atom. The van der Waals surface area contributed by atoms with E-state index in [4.69, 9.17) is 23.6 Å². The summed E-state index contributed by atoms with van der Waals surface area (Å²) in [5, 5.41) is 6.91. The molecule has 0 unspecified atom stereocenters. The van der Waals surface area contributed by atoms with Crippen LogP contribution in [0.5, 0.6) is 0 Å². The molecule has 0 amide bonds. The van der Waals surface area contributed by atoms with E-state index in [-0.39, 0.29) is 19.5 Å². The summed E-state index contributed by atoms with van der Waals surface area (Å²) in [7, 11) is -0.840. The molecular weight excluding hydrogens is 632 g/mol. The number of nitrogens with zero attached hydrogens (tertiary/aromatic N) is 1.